The monoisotopic (exact) mass is 296 g/mol. The predicted octanol–water partition coefficient (Wildman–Crippen LogP) is 4.13. The van der Waals surface area contributed by atoms with Gasteiger partial charge in [-0.3, -0.25) is 0 Å². The summed E-state index contributed by atoms with van der Waals surface area (Å²) in [6.07, 6.45) is 0. The largest absolute Gasteiger partial charge is 0.365 e. The van der Waals surface area contributed by atoms with E-state index < -0.39 is 0 Å². The minimum absolute atomic E-state index is 0.826. The summed E-state index contributed by atoms with van der Waals surface area (Å²) < 4.78 is 1.14. The van der Waals surface area contributed by atoms with E-state index in [-0.39, 0.29) is 0 Å². The lowest BCUT2D eigenvalue weighted by Crippen LogP contribution is -2.00. The number of pyridine rings is 1. The molecule has 0 atom stereocenters. The van der Waals surface area contributed by atoms with Gasteiger partial charge in [-0.25, -0.2) is 4.98 Å². The fourth-order valence-corrected chi connectivity index (χ4v) is 2.95. The number of nitrogens with one attached hydrogen (secondary N) is 1. The van der Waals surface area contributed by atoms with Crippen molar-refractivity contribution in [3.05, 3.63) is 44.2 Å². The Labute approximate surface area is 108 Å². The highest BCUT2D eigenvalue weighted by Crippen LogP contribution is 2.20. The van der Waals surface area contributed by atoms with Gasteiger partial charge in [0, 0.05) is 20.4 Å². The Morgan fingerprint density at radius 2 is 2.12 bits per heavy atom. The van der Waals surface area contributed by atoms with Crippen molar-refractivity contribution in [2.75, 3.05) is 5.32 Å². The van der Waals surface area contributed by atoms with Crippen LogP contribution in [0, 0.1) is 13.8 Å². The Hall–Kier alpha value is -0.870. The van der Waals surface area contributed by atoms with E-state index in [1.807, 2.05) is 6.92 Å². The van der Waals surface area contributed by atoms with Crippen LogP contribution >= 0.6 is 27.3 Å². The van der Waals surface area contributed by atoms with Crippen molar-refractivity contribution in [1.29, 1.82) is 0 Å². The molecule has 84 valence electrons. The number of rotatable bonds is 3. The zero-order valence-corrected chi connectivity index (χ0v) is 11.7. The number of anilines is 1. The molecule has 0 amide bonds. The van der Waals surface area contributed by atoms with E-state index in [0.717, 1.165) is 22.5 Å². The molecule has 16 heavy (non-hydrogen) atoms. The third-order valence-corrected chi connectivity index (χ3v) is 3.86. The van der Waals surface area contributed by atoms with E-state index in [1.165, 1.54) is 10.4 Å². The molecule has 1 N–H and O–H groups in total. The first-order valence-corrected chi connectivity index (χ1v) is 6.73. The quantitative estimate of drug-likeness (QED) is 0.921. The van der Waals surface area contributed by atoms with E-state index in [9.17, 15) is 0 Å². The molecule has 0 aliphatic heterocycles. The summed E-state index contributed by atoms with van der Waals surface area (Å²) in [7, 11) is 0. The molecule has 2 rings (SSSR count). The summed E-state index contributed by atoms with van der Waals surface area (Å²) in [5.41, 5.74) is 2.29. The zero-order valence-electron chi connectivity index (χ0n) is 9.25. The lowest BCUT2D eigenvalue weighted by molar-refractivity contribution is 1.10. The second-order valence-corrected chi connectivity index (χ2v) is 5.67. The molecular weight excluding hydrogens is 284 g/mol. The molecule has 2 heterocycles. The van der Waals surface area contributed by atoms with Gasteiger partial charge in [0.1, 0.15) is 5.82 Å². The standard InChI is InChI=1S/C12H13BrN2S/c1-8-3-9(2)15-12(4-8)14-6-11-5-10(13)7-16-11/h3-5,7H,6H2,1-2H3,(H,14,15). The van der Waals surface area contributed by atoms with Gasteiger partial charge in [-0.15, -0.1) is 11.3 Å². The third-order valence-electron chi connectivity index (χ3n) is 2.16. The summed E-state index contributed by atoms with van der Waals surface area (Å²) in [5, 5.41) is 5.42. The maximum absolute atomic E-state index is 4.44. The topological polar surface area (TPSA) is 24.9 Å². The van der Waals surface area contributed by atoms with Gasteiger partial charge >= 0.3 is 0 Å². The van der Waals surface area contributed by atoms with Crippen LogP contribution < -0.4 is 5.32 Å². The van der Waals surface area contributed by atoms with Crippen LogP contribution in [0.15, 0.2) is 28.1 Å². The Bertz CT molecular complexity index is 473. The molecule has 0 saturated heterocycles. The summed E-state index contributed by atoms with van der Waals surface area (Å²) in [4.78, 5) is 5.74. The number of aromatic nitrogens is 1. The number of hydrogen-bond donors (Lipinski definition) is 1. The minimum Gasteiger partial charge on any atom is -0.365 e. The Morgan fingerprint density at radius 1 is 1.31 bits per heavy atom. The molecule has 0 unspecified atom stereocenters. The molecule has 0 bridgehead atoms. The van der Waals surface area contributed by atoms with E-state index in [2.05, 4.69) is 56.7 Å². The number of nitrogens with zero attached hydrogens (tertiary/aromatic N) is 1. The van der Waals surface area contributed by atoms with Crippen LogP contribution in [0.5, 0.6) is 0 Å². The van der Waals surface area contributed by atoms with Crippen LogP contribution in [-0.2, 0) is 6.54 Å². The second kappa shape index (κ2) is 4.97. The second-order valence-electron chi connectivity index (χ2n) is 3.76. The van der Waals surface area contributed by atoms with Crippen LogP contribution in [0.25, 0.3) is 0 Å². The average molecular weight is 297 g/mol. The minimum atomic E-state index is 0.826. The Morgan fingerprint density at radius 3 is 2.75 bits per heavy atom. The first-order chi connectivity index (χ1) is 7.63. The van der Waals surface area contributed by atoms with Gasteiger partial charge in [0.15, 0.2) is 0 Å². The zero-order chi connectivity index (χ0) is 11.5. The van der Waals surface area contributed by atoms with Gasteiger partial charge in [0.25, 0.3) is 0 Å². The first kappa shape index (κ1) is 11.6. The molecule has 0 radical (unpaired) electrons. The van der Waals surface area contributed by atoms with Gasteiger partial charge < -0.3 is 5.32 Å². The summed E-state index contributed by atoms with van der Waals surface area (Å²) in [5.74, 6) is 0.946. The molecule has 0 saturated carbocycles. The highest BCUT2D eigenvalue weighted by atomic mass is 79.9. The van der Waals surface area contributed by atoms with E-state index in [4.69, 9.17) is 0 Å². The average Bonchev–Trinajstić information content (AvgIpc) is 2.60. The van der Waals surface area contributed by atoms with Crippen molar-refractivity contribution in [1.82, 2.24) is 4.98 Å². The number of hydrogen-bond acceptors (Lipinski definition) is 3. The Balaban J connectivity index is 2.04. The molecule has 2 aromatic rings. The fraction of sp³-hybridized carbons (Fsp3) is 0.250. The molecular formula is C12H13BrN2S. The molecule has 0 fully saturated rings. The van der Waals surface area contributed by atoms with Crippen molar-refractivity contribution in [3.8, 4) is 0 Å². The molecule has 0 aromatic carbocycles. The highest BCUT2D eigenvalue weighted by molar-refractivity contribution is 9.10. The lowest BCUT2D eigenvalue weighted by atomic mass is 10.2. The number of halogens is 1. The number of aryl methyl sites for hydroxylation is 2. The van der Waals surface area contributed by atoms with Crippen molar-refractivity contribution in [2.45, 2.75) is 20.4 Å². The van der Waals surface area contributed by atoms with Crippen LogP contribution in [0.3, 0.4) is 0 Å². The maximum atomic E-state index is 4.44. The van der Waals surface area contributed by atoms with E-state index in [1.54, 1.807) is 11.3 Å². The van der Waals surface area contributed by atoms with Gasteiger partial charge in [-0.2, -0.15) is 0 Å². The van der Waals surface area contributed by atoms with Crippen LogP contribution in [-0.4, -0.2) is 4.98 Å². The highest BCUT2D eigenvalue weighted by Gasteiger charge is 2.00. The Kier molecular flexibility index (Phi) is 3.61. The first-order valence-electron chi connectivity index (χ1n) is 5.05. The molecule has 0 spiro atoms. The van der Waals surface area contributed by atoms with Gasteiger partial charge in [0.05, 0.1) is 6.54 Å². The van der Waals surface area contributed by atoms with Crippen LogP contribution in [0.2, 0.25) is 0 Å². The number of thiophene rings is 1. The molecule has 0 aliphatic rings. The molecule has 4 heteroatoms. The molecule has 0 aliphatic carbocycles. The fourth-order valence-electron chi connectivity index (χ4n) is 1.56. The van der Waals surface area contributed by atoms with E-state index in [0.29, 0.717) is 0 Å². The van der Waals surface area contributed by atoms with Crippen LogP contribution in [0.1, 0.15) is 16.1 Å². The van der Waals surface area contributed by atoms with Crippen molar-refractivity contribution in [3.63, 3.8) is 0 Å². The van der Waals surface area contributed by atoms with Crippen molar-refractivity contribution >= 4 is 33.1 Å². The van der Waals surface area contributed by atoms with Gasteiger partial charge in [-0.1, -0.05) is 0 Å². The smallest absolute Gasteiger partial charge is 0.126 e. The lowest BCUT2D eigenvalue weighted by Gasteiger charge is -2.06. The predicted molar refractivity (Wildman–Crippen MR) is 73.1 cm³/mol. The summed E-state index contributed by atoms with van der Waals surface area (Å²) in [6.45, 7) is 4.92. The van der Waals surface area contributed by atoms with Crippen molar-refractivity contribution in [2.24, 2.45) is 0 Å². The normalized spacial score (nSPS) is 10.4. The van der Waals surface area contributed by atoms with Crippen LogP contribution in [0.4, 0.5) is 5.82 Å². The SMILES string of the molecule is Cc1cc(C)nc(NCc2cc(Br)cs2)c1. The molecule has 2 nitrogen and oxygen atoms in total. The third kappa shape index (κ3) is 3.06. The van der Waals surface area contributed by atoms with Gasteiger partial charge in [-0.05, 0) is 53.5 Å². The van der Waals surface area contributed by atoms with Crippen molar-refractivity contribution < 1.29 is 0 Å². The van der Waals surface area contributed by atoms with Gasteiger partial charge in [0.2, 0.25) is 0 Å². The maximum Gasteiger partial charge on any atom is 0.126 e. The summed E-state index contributed by atoms with van der Waals surface area (Å²) >= 11 is 5.19. The molecule has 2 aromatic heterocycles. The summed E-state index contributed by atoms with van der Waals surface area (Å²) in [6, 6.07) is 6.27. The van der Waals surface area contributed by atoms with E-state index >= 15 is 0 Å².